The molecule has 5 nitrogen and oxygen atoms in total. The second-order valence-electron chi connectivity index (χ2n) is 4.03. The van der Waals surface area contributed by atoms with E-state index in [-0.39, 0.29) is 5.82 Å². The van der Waals surface area contributed by atoms with Crippen LogP contribution in [0, 0.1) is 5.41 Å². The Morgan fingerprint density at radius 1 is 1.47 bits per heavy atom. The van der Waals surface area contributed by atoms with Crippen LogP contribution in [-0.2, 0) is 9.59 Å². The van der Waals surface area contributed by atoms with Crippen molar-refractivity contribution in [3.63, 3.8) is 0 Å². The van der Waals surface area contributed by atoms with Gasteiger partial charge in [-0.3, -0.25) is 9.59 Å². The first-order chi connectivity index (χ1) is 8.06. The van der Waals surface area contributed by atoms with Crippen LogP contribution in [0.25, 0.3) is 0 Å². The lowest BCUT2D eigenvalue weighted by Crippen LogP contribution is -2.48. The molecule has 17 heavy (non-hydrogen) atoms. The molecule has 1 saturated carbocycles. The van der Waals surface area contributed by atoms with E-state index in [2.05, 4.69) is 10.3 Å². The zero-order chi connectivity index (χ0) is 12.5. The van der Waals surface area contributed by atoms with Gasteiger partial charge < -0.3 is 10.4 Å². The van der Waals surface area contributed by atoms with E-state index in [0.717, 1.165) is 6.42 Å². The molecule has 1 aromatic rings. The number of carbonyl (C=O) groups is 2. The minimum atomic E-state index is -1.30. The highest BCUT2D eigenvalue weighted by Crippen LogP contribution is 2.42. The summed E-state index contributed by atoms with van der Waals surface area (Å²) in [4.78, 5) is 26.9. The molecule has 1 aromatic heterocycles. The number of carboxylic acids is 1. The van der Waals surface area contributed by atoms with Crippen LogP contribution >= 0.6 is 11.6 Å². The van der Waals surface area contributed by atoms with Crippen molar-refractivity contribution in [2.24, 2.45) is 5.41 Å². The zero-order valence-electron chi connectivity index (χ0n) is 8.94. The van der Waals surface area contributed by atoms with Gasteiger partial charge in [0.1, 0.15) is 5.41 Å². The lowest BCUT2D eigenvalue weighted by molar-refractivity contribution is -0.159. The summed E-state index contributed by atoms with van der Waals surface area (Å²) in [7, 11) is 0. The standard InChI is InChI=1S/C11H11ClN2O3/c12-7-3-1-6-13-8(7)14-9(15)11(10(16)17)4-2-5-11/h1,3,6H,2,4-5H2,(H,16,17)(H,13,14,15). The number of amides is 1. The Balaban J connectivity index is 2.17. The summed E-state index contributed by atoms with van der Waals surface area (Å²) in [5.41, 5.74) is -1.30. The summed E-state index contributed by atoms with van der Waals surface area (Å²) in [6.45, 7) is 0. The van der Waals surface area contributed by atoms with E-state index in [4.69, 9.17) is 16.7 Å². The SMILES string of the molecule is O=C(O)C1(C(=O)Nc2ncccc2Cl)CCC1. The average Bonchev–Trinajstić information content (AvgIpc) is 2.19. The largest absolute Gasteiger partial charge is 0.480 e. The van der Waals surface area contributed by atoms with Gasteiger partial charge in [0.15, 0.2) is 5.82 Å². The highest BCUT2D eigenvalue weighted by Gasteiger charge is 2.51. The summed E-state index contributed by atoms with van der Waals surface area (Å²) in [6, 6.07) is 3.21. The molecule has 0 atom stereocenters. The van der Waals surface area contributed by atoms with E-state index >= 15 is 0 Å². The molecule has 0 bridgehead atoms. The molecule has 0 aromatic carbocycles. The number of nitrogens with zero attached hydrogens (tertiary/aromatic N) is 1. The lowest BCUT2D eigenvalue weighted by Gasteiger charge is -2.35. The minimum absolute atomic E-state index is 0.201. The van der Waals surface area contributed by atoms with E-state index in [0.29, 0.717) is 17.9 Å². The Labute approximate surface area is 103 Å². The second kappa shape index (κ2) is 4.33. The molecule has 1 aliphatic rings. The van der Waals surface area contributed by atoms with Crippen LogP contribution in [0.3, 0.4) is 0 Å². The van der Waals surface area contributed by atoms with E-state index in [1.54, 1.807) is 12.1 Å². The Morgan fingerprint density at radius 3 is 2.65 bits per heavy atom. The molecule has 2 N–H and O–H groups in total. The number of aromatic nitrogens is 1. The van der Waals surface area contributed by atoms with Crippen molar-refractivity contribution in [1.29, 1.82) is 0 Å². The lowest BCUT2D eigenvalue weighted by atomic mass is 9.68. The Bertz CT molecular complexity index is 472. The maximum atomic E-state index is 11.9. The molecule has 0 saturated heterocycles. The van der Waals surface area contributed by atoms with Crippen molar-refractivity contribution in [3.05, 3.63) is 23.4 Å². The third kappa shape index (κ3) is 1.98. The number of halogens is 1. The fraction of sp³-hybridized carbons (Fsp3) is 0.364. The molecule has 1 aliphatic carbocycles. The van der Waals surface area contributed by atoms with Gasteiger partial charge in [-0.25, -0.2) is 4.98 Å². The number of pyridine rings is 1. The normalized spacial score (nSPS) is 17.0. The first-order valence-corrected chi connectivity index (χ1v) is 5.59. The topological polar surface area (TPSA) is 79.3 Å². The fourth-order valence-electron chi connectivity index (χ4n) is 1.77. The first-order valence-electron chi connectivity index (χ1n) is 5.22. The number of nitrogens with one attached hydrogen (secondary N) is 1. The van der Waals surface area contributed by atoms with Crippen molar-refractivity contribution >= 4 is 29.3 Å². The molecule has 0 aliphatic heterocycles. The maximum absolute atomic E-state index is 11.9. The molecule has 1 heterocycles. The number of anilines is 1. The van der Waals surface area contributed by atoms with Gasteiger partial charge in [0.2, 0.25) is 5.91 Å². The van der Waals surface area contributed by atoms with Gasteiger partial charge in [0, 0.05) is 6.20 Å². The van der Waals surface area contributed by atoms with Crippen LogP contribution in [0.1, 0.15) is 19.3 Å². The number of carboxylic acid groups (broad SMARTS) is 1. The van der Waals surface area contributed by atoms with Crippen molar-refractivity contribution in [3.8, 4) is 0 Å². The smallest absolute Gasteiger partial charge is 0.319 e. The maximum Gasteiger partial charge on any atom is 0.319 e. The van der Waals surface area contributed by atoms with Gasteiger partial charge in [0.25, 0.3) is 0 Å². The van der Waals surface area contributed by atoms with Gasteiger partial charge in [-0.15, -0.1) is 0 Å². The molecule has 0 radical (unpaired) electrons. The third-order valence-corrected chi connectivity index (χ3v) is 3.35. The molecule has 2 rings (SSSR count). The number of carbonyl (C=O) groups excluding carboxylic acids is 1. The Morgan fingerprint density at radius 2 is 2.18 bits per heavy atom. The predicted molar refractivity (Wildman–Crippen MR) is 61.8 cm³/mol. The predicted octanol–water partition coefficient (Wildman–Crippen LogP) is 1.93. The van der Waals surface area contributed by atoms with E-state index < -0.39 is 17.3 Å². The van der Waals surface area contributed by atoms with Crippen LogP contribution in [0.2, 0.25) is 5.02 Å². The van der Waals surface area contributed by atoms with Crippen LogP contribution in [-0.4, -0.2) is 22.0 Å². The zero-order valence-corrected chi connectivity index (χ0v) is 9.70. The van der Waals surface area contributed by atoms with Crippen molar-refractivity contribution in [1.82, 2.24) is 4.98 Å². The monoisotopic (exact) mass is 254 g/mol. The van der Waals surface area contributed by atoms with E-state index in [1.807, 2.05) is 0 Å². The van der Waals surface area contributed by atoms with Crippen LogP contribution in [0.15, 0.2) is 18.3 Å². The summed E-state index contributed by atoms with van der Waals surface area (Å²) in [5.74, 6) is -1.43. The molecule has 0 unspecified atom stereocenters. The van der Waals surface area contributed by atoms with Gasteiger partial charge in [-0.2, -0.15) is 0 Å². The second-order valence-corrected chi connectivity index (χ2v) is 4.44. The molecule has 90 valence electrons. The van der Waals surface area contributed by atoms with E-state index in [9.17, 15) is 9.59 Å². The summed E-state index contributed by atoms with van der Waals surface area (Å²) in [5, 5.41) is 11.9. The van der Waals surface area contributed by atoms with Gasteiger partial charge in [-0.05, 0) is 25.0 Å². The molecule has 1 fully saturated rings. The van der Waals surface area contributed by atoms with Crippen molar-refractivity contribution in [2.45, 2.75) is 19.3 Å². The van der Waals surface area contributed by atoms with Crippen molar-refractivity contribution in [2.75, 3.05) is 5.32 Å². The summed E-state index contributed by atoms with van der Waals surface area (Å²) in [6.07, 6.45) is 2.95. The number of hydrogen-bond acceptors (Lipinski definition) is 3. The van der Waals surface area contributed by atoms with Crippen LogP contribution in [0.5, 0.6) is 0 Å². The third-order valence-electron chi connectivity index (χ3n) is 3.04. The number of rotatable bonds is 3. The molecular weight excluding hydrogens is 244 g/mol. The van der Waals surface area contributed by atoms with Gasteiger partial charge in [0.05, 0.1) is 5.02 Å². The summed E-state index contributed by atoms with van der Waals surface area (Å²) >= 11 is 5.83. The van der Waals surface area contributed by atoms with E-state index in [1.165, 1.54) is 6.20 Å². The quantitative estimate of drug-likeness (QED) is 0.808. The number of hydrogen-bond donors (Lipinski definition) is 2. The highest BCUT2D eigenvalue weighted by atomic mass is 35.5. The minimum Gasteiger partial charge on any atom is -0.480 e. The van der Waals surface area contributed by atoms with Crippen LogP contribution < -0.4 is 5.32 Å². The van der Waals surface area contributed by atoms with Crippen molar-refractivity contribution < 1.29 is 14.7 Å². The van der Waals surface area contributed by atoms with Crippen LogP contribution in [0.4, 0.5) is 5.82 Å². The van der Waals surface area contributed by atoms with Gasteiger partial charge in [-0.1, -0.05) is 18.0 Å². The summed E-state index contributed by atoms with van der Waals surface area (Å²) < 4.78 is 0. The van der Waals surface area contributed by atoms with Gasteiger partial charge >= 0.3 is 5.97 Å². The first kappa shape index (κ1) is 11.9. The highest BCUT2D eigenvalue weighted by molar-refractivity contribution is 6.33. The molecule has 0 spiro atoms. The molecule has 6 heteroatoms. The fourth-order valence-corrected chi connectivity index (χ4v) is 1.94. The Hall–Kier alpha value is -1.62. The number of aliphatic carboxylic acids is 1. The Kier molecular flexibility index (Phi) is 3.02. The average molecular weight is 255 g/mol. The molecular formula is C11H11ClN2O3. The molecule has 1 amide bonds.